The molecule has 0 saturated heterocycles. The molecule has 0 N–H and O–H groups in total. The quantitative estimate of drug-likeness (QED) is 0.212. The third-order valence-corrected chi connectivity index (χ3v) is 7.62. The topological polar surface area (TPSA) is 13.1 Å². The van der Waals surface area contributed by atoms with Crippen LogP contribution < -0.4 is 0 Å². The van der Waals surface area contributed by atoms with Crippen LogP contribution >= 0.6 is 0 Å². The van der Waals surface area contributed by atoms with Gasteiger partial charge >= 0.3 is 0 Å². The van der Waals surface area contributed by atoms with Gasteiger partial charge in [0.1, 0.15) is 12.1 Å². The lowest BCUT2D eigenvalue weighted by Gasteiger charge is -2.35. The number of nitrogens with zero attached hydrogens (tertiary/aromatic N) is 2. The van der Waals surface area contributed by atoms with Gasteiger partial charge in [0.2, 0.25) is 0 Å². The van der Waals surface area contributed by atoms with Crippen molar-refractivity contribution in [1.82, 2.24) is 0 Å². The van der Waals surface area contributed by atoms with Crippen molar-refractivity contribution in [3.8, 4) is 0 Å². The fourth-order valence-corrected chi connectivity index (χ4v) is 4.81. The van der Waals surface area contributed by atoms with Gasteiger partial charge in [-0.05, 0) is 65.5 Å². The number of hydrogen-bond acceptors (Lipinski definition) is 1. The van der Waals surface area contributed by atoms with Gasteiger partial charge in [0.25, 0.3) is 0 Å². The van der Waals surface area contributed by atoms with E-state index in [1.807, 2.05) is 0 Å². The molecule has 0 saturated carbocycles. The van der Waals surface area contributed by atoms with Crippen molar-refractivity contribution >= 4 is 11.0 Å². The molecule has 0 aliphatic heterocycles. The molecule has 1 aromatic carbocycles. The van der Waals surface area contributed by atoms with E-state index in [2.05, 4.69) is 65.1 Å². The summed E-state index contributed by atoms with van der Waals surface area (Å²) in [6, 6.07) is 10.6. The van der Waals surface area contributed by atoms with Gasteiger partial charge in [0, 0.05) is 5.39 Å². The maximum atomic E-state index is 6.08. The highest BCUT2D eigenvalue weighted by Gasteiger charge is 2.22. The van der Waals surface area contributed by atoms with Gasteiger partial charge < -0.3 is 13.4 Å². The monoisotopic (exact) mass is 416 g/mol. The molecule has 2 rings (SSSR count). The molecular weight excluding hydrogens is 368 g/mol. The first-order valence-electron chi connectivity index (χ1n) is 12.7. The van der Waals surface area contributed by atoms with Crippen LogP contribution in [-0.4, -0.2) is 55.3 Å². The highest BCUT2D eigenvalue weighted by molar-refractivity contribution is 5.77. The second kappa shape index (κ2) is 12.5. The van der Waals surface area contributed by atoms with Crippen LogP contribution in [0.2, 0.25) is 0 Å². The Morgan fingerprint density at radius 1 is 0.700 bits per heavy atom. The number of rotatable bonds is 16. The fourth-order valence-electron chi connectivity index (χ4n) is 4.81. The standard InChI is InChI=1S/C27H48N2O/c1-6-28(5,24-26-23-25-19-15-16-20-27(25)30-26)21-17-13-11-10-12-14-18-22-29(7-2,8-3)9-4/h15-16,19-20,23H,6-14,17-18,21-22,24H2,1-5H3/q+2/t28-/m0/s1. The van der Waals surface area contributed by atoms with E-state index in [1.54, 1.807) is 0 Å². The summed E-state index contributed by atoms with van der Waals surface area (Å²) in [5, 5.41) is 1.23. The van der Waals surface area contributed by atoms with E-state index >= 15 is 0 Å². The van der Waals surface area contributed by atoms with Gasteiger partial charge in [-0.3, -0.25) is 0 Å². The Kier molecular flexibility index (Phi) is 10.4. The van der Waals surface area contributed by atoms with Gasteiger partial charge in [-0.25, -0.2) is 0 Å². The van der Waals surface area contributed by atoms with E-state index in [-0.39, 0.29) is 0 Å². The first kappa shape index (κ1) is 24.9. The minimum Gasteiger partial charge on any atom is -0.455 e. The average molecular weight is 417 g/mol. The Morgan fingerprint density at radius 2 is 1.27 bits per heavy atom. The van der Waals surface area contributed by atoms with E-state index in [0.717, 1.165) is 28.9 Å². The van der Waals surface area contributed by atoms with Gasteiger partial charge in [-0.15, -0.1) is 0 Å². The molecule has 2 aromatic rings. The fraction of sp³-hybridized carbons (Fsp3) is 0.704. The third kappa shape index (κ3) is 7.42. The first-order chi connectivity index (χ1) is 14.5. The van der Waals surface area contributed by atoms with Crippen LogP contribution in [0.5, 0.6) is 0 Å². The van der Waals surface area contributed by atoms with E-state index in [9.17, 15) is 0 Å². The Balaban J connectivity index is 1.61. The van der Waals surface area contributed by atoms with Crippen LogP contribution in [0.15, 0.2) is 34.7 Å². The maximum absolute atomic E-state index is 6.08. The predicted molar refractivity (Wildman–Crippen MR) is 131 cm³/mol. The Bertz CT molecular complexity index is 677. The maximum Gasteiger partial charge on any atom is 0.159 e. The van der Waals surface area contributed by atoms with Crippen molar-refractivity contribution in [1.29, 1.82) is 0 Å². The molecule has 1 atom stereocenters. The van der Waals surface area contributed by atoms with Crippen LogP contribution in [0, 0.1) is 0 Å². The van der Waals surface area contributed by atoms with Crippen LogP contribution in [0.1, 0.15) is 78.4 Å². The molecule has 3 heteroatoms. The van der Waals surface area contributed by atoms with E-state index in [0.29, 0.717) is 0 Å². The van der Waals surface area contributed by atoms with Crippen molar-refractivity contribution in [2.24, 2.45) is 0 Å². The molecule has 1 aromatic heterocycles. The molecule has 0 radical (unpaired) electrons. The lowest BCUT2D eigenvalue weighted by Crippen LogP contribution is -2.48. The molecule has 3 nitrogen and oxygen atoms in total. The molecule has 30 heavy (non-hydrogen) atoms. The first-order valence-corrected chi connectivity index (χ1v) is 12.7. The summed E-state index contributed by atoms with van der Waals surface area (Å²) in [5.41, 5.74) is 1.02. The molecule has 0 fully saturated rings. The van der Waals surface area contributed by atoms with Crippen LogP contribution in [0.25, 0.3) is 11.0 Å². The number of furan rings is 1. The molecule has 0 aliphatic rings. The number of quaternary nitrogens is 2. The smallest absolute Gasteiger partial charge is 0.159 e. The molecule has 0 unspecified atom stereocenters. The molecule has 0 spiro atoms. The average Bonchev–Trinajstić information content (AvgIpc) is 3.17. The summed E-state index contributed by atoms with van der Waals surface area (Å²) in [6.07, 6.45) is 9.72. The van der Waals surface area contributed by atoms with E-state index < -0.39 is 0 Å². The van der Waals surface area contributed by atoms with E-state index in [1.165, 1.54) is 87.5 Å². The number of fused-ring (bicyclic) bond motifs is 1. The summed E-state index contributed by atoms with van der Waals surface area (Å²) in [5.74, 6) is 1.13. The minimum atomic E-state index is 0.997. The van der Waals surface area contributed by atoms with Crippen molar-refractivity contribution in [3.05, 3.63) is 36.1 Å². The normalized spacial score (nSPS) is 14.3. The van der Waals surface area contributed by atoms with Crippen molar-refractivity contribution in [3.63, 3.8) is 0 Å². The summed E-state index contributed by atoms with van der Waals surface area (Å²) in [4.78, 5) is 0. The Hall–Kier alpha value is -1.32. The highest BCUT2D eigenvalue weighted by atomic mass is 16.3. The highest BCUT2D eigenvalue weighted by Crippen LogP contribution is 2.22. The molecule has 0 amide bonds. The van der Waals surface area contributed by atoms with Gasteiger partial charge in [0.05, 0.1) is 46.3 Å². The lowest BCUT2D eigenvalue weighted by atomic mass is 10.1. The zero-order chi connectivity index (χ0) is 21.9. The number of benzene rings is 1. The molecule has 1 heterocycles. The zero-order valence-electron chi connectivity index (χ0n) is 20.6. The molecule has 0 bridgehead atoms. The molecule has 170 valence electrons. The van der Waals surface area contributed by atoms with Gasteiger partial charge in [-0.2, -0.15) is 0 Å². The van der Waals surface area contributed by atoms with Crippen molar-refractivity contribution in [2.75, 3.05) is 46.3 Å². The second-order valence-electron chi connectivity index (χ2n) is 9.56. The van der Waals surface area contributed by atoms with Crippen molar-refractivity contribution < 1.29 is 13.4 Å². The minimum absolute atomic E-state index is 0.997. The summed E-state index contributed by atoms with van der Waals surface area (Å²) < 4.78 is 8.46. The van der Waals surface area contributed by atoms with Crippen LogP contribution in [0.3, 0.4) is 0 Å². The third-order valence-electron chi connectivity index (χ3n) is 7.62. The number of para-hydroxylation sites is 1. The van der Waals surface area contributed by atoms with Crippen LogP contribution in [0.4, 0.5) is 0 Å². The molecular formula is C27H48N2O+2. The number of unbranched alkanes of at least 4 members (excludes halogenated alkanes) is 6. The van der Waals surface area contributed by atoms with Crippen molar-refractivity contribution in [2.45, 2.75) is 79.2 Å². The SMILES string of the molecule is CC[N+](CC)(CC)CCCCCCCCC[N@+](C)(CC)Cc1cc2ccccc2o1. The Morgan fingerprint density at radius 3 is 1.83 bits per heavy atom. The molecule has 0 aliphatic carbocycles. The van der Waals surface area contributed by atoms with E-state index in [4.69, 9.17) is 4.42 Å². The van der Waals surface area contributed by atoms with Gasteiger partial charge in [0.15, 0.2) is 5.76 Å². The van der Waals surface area contributed by atoms with Crippen LogP contribution in [-0.2, 0) is 6.54 Å². The lowest BCUT2D eigenvalue weighted by molar-refractivity contribution is -0.923. The predicted octanol–water partition coefficient (Wildman–Crippen LogP) is 7.01. The largest absolute Gasteiger partial charge is 0.455 e. The second-order valence-corrected chi connectivity index (χ2v) is 9.56. The zero-order valence-corrected chi connectivity index (χ0v) is 20.6. The number of hydrogen-bond donors (Lipinski definition) is 0. The summed E-state index contributed by atoms with van der Waals surface area (Å²) in [7, 11) is 2.38. The summed E-state index contributed by atoms with van der Waals surface area (Å²) in [6.45, 7) is 18.0. The Labute approximate surface area is 186 Å². The summed E-state index contributed by atoms with van der Waals surface area (Å²) >= 11 is 0. The van der Waals surface area contributed by atoms with Gasteiger partial charge in [-0.1, -0.05) is 37.5 Å².